The van der Waals surface area contributed by atoms with Crippen LogP contribution in [0.3, 0.4) is 0 Å². The Hall–Kier alpha value is -1.02. The predicted octanol–water partition coefficient (Wildman–Crippen LogP) is 2.52. The van der Waals surface area contributed by atoms with Crippen LogP contribution in [0.15, 0.2) is 18.2 Å². The first kappa shape index (κ1) is 6.68. The van der Waals surface area contributed by atoms with Crippen molar-refractivity contribution in [1.82, 2.24) is 10.2 Å². The number of rotatable bonds is 0. The van der Waals surface area contributed by atoms with Gasteiger partial charge in [0.05, 0.1) is 5.52 Å². The van der Waals surface area contributed by atoms with Gasteiger partial charge >= 0.3 is 0 Å². The van der Waals surface area contributed by atoms with Gasteiger partial charge in [-0.1, -0.05) is 23.7 Å². The van der Waals surface area contributed by atoms with Crippen molar-refractivity contribution in [2.45, 2.75) is 6.92 Å². The van der Waals surface area contributed by atoms with Crippen LogP contribution in [0.2, 0.25) is 5.15 Å². The molecule has 11 heavy (non-hydrogen) atoms. The number of nitrogens with one attached hydrogen (secondary N) is 1. The Morgan fingerprint density at radius 1 is 1.45 bits per heavy atom. The maximum Gasteiger partial charge on any atom is 0.158 e. The van der Waals surface area contributed by atoms with E-state index in [1.807, 2.05) is 25.1 Å². The Labute approximate surface area is 69.2 Å². The smallest absolute Gasteiger partial charge is 0.158 e. The van der Waals surface area contributed by atoms with Gasteiger partial charge in [-0.05, 0) is 18.6 Å². The second kappa shape index (κ2) is 2.24. The van der Waals surface area contributed by atoms with Crippen molar-refractivity contribution in [3.63, 3.8) is 0 Å². The predicted molar refractivity (Wildman–Crippen MR) is 45.8 cm³/mol. The van der Waals surface area contributed by atoms with Crippen LogP contribution in [0.4, 0.5) is 0 Å². The van der Waals surface area contributed by atoms with Crippen molar-refractivity contribution in [2.75, 3.05) is 0 Å². The van der Waals surface area contributed by atoms with E-state index in [2.05, 4.69) is 10.2 Å². The molecule has 0 bridgehead atoms. The van der Waals surface area contributed by atoms with E-state index >= 15 is 0 Å². The maximum atomic E-state index is 5.84. The van der Waals surface area contributed by atoms with Crippen LogP contribution in [-0.2, 0) is 0 Å². The average molecular weight is 167 g/mol. The third kappa shape index (κ3) is 0.906. The highest BCUT2D eigenvalue weighted by atomic mass is 35.5. The summed E-state index contributed by atoms with van der Waals surface area (Å²) in [6.07, 6.45) is 0. The summed E-state index contributed by atoms with van der Waals surface area (Å²) in [5, 5.41) is 8.32. The number of halogens is 1. The minimum atomic E-state index is 0.554. The summed E-state index contributed by atoms with van der Waals surface area (Å²) in [5.41, 5.74) is 2.15. The minimum Gasteiger partial charge on any atom is -0.276 e. The molecule has 0 fully saturated rings. The zero-order valence-corrected chi connectivity index (χ0v) is 6.81. The first-order chi connectivity index (χ1) is 5.29. The highest BCUT2D eigenvalue weighted by Gasteiger charge is 2.03. The molecule has 0 radical (unpaired) electrons. The normalized spacial score (nSPS) is 10.7. The van der Waals surface area contributed by atoms with Crippen molar-refractivity contribution in [2.24, 2.45) is 0 Å². The molecular weight excluding hydrogens is 160 g/mol. The molecule has 1 N–H and O–H groups in total. The maximum absolute atomic E-state index is 5.84. The average Bonchev–Trinajstić information content (AvgIpc) is 2.34. The molecule has 1 aromatic carbocycles. The van der Waals surface area contributed by atoms with Crippen LogP contribution in [0, 0.1) is 6.92 Å². The highest BCUT2D eigenvalue weighted by Crippen LogP contribution is 2.22. The molecule has 0 spiro atoms. The molecule has 2 rings (SSSR count). The topological polar surface area (TPSA) is 28.7 Å². The van der Waals surface area contributed by atoms with Gasteiger partial charge in [0.25, 0.3) is 0 Å². The fourth-order valence-electron chi connectivity index (χ4n) is 1.20. The lowest BCUT2D eigenvalue weighted by atomic mass is 10.1. The van der Waals surface area contributed by atoms with Crippen molar-refractivity contribution < 1.29 is 0 Å². The lowest BCUT2D eigenvalue weighted by Crippen LogP contribution is -1.72. The third-order valence-electron chi connectivity index (χ3n) is 1.75. The molecule has 0 atom stereocenters. The molecule has 1 heterocycles. The van der Waals surface area contributed by atoms with E-state index in [9.17, 15) is 0 Å². The summed E-state index contributed by atoms with van der Waals surface area (Å²) in [6, 6.07) is 5.96. The SMILES string of the molecule is Cc1cccc2[nH]nc(Cl)c12. The molecule has 56 valence electrons. The van der Waals surface area contributed by atoms with Crippen LogP contribution < -0.4 is 0 Å². The van der Waals surface area contributed by atoms with Crippen LogP contribution in [0.25, 0.3) is 10.9 Å². The molecule has 0 aliphatic rings. The van der Waals surface area contributed by atoms with Gasteiger partial charge in [0.1, 0.15) is 0 Å². The Morgan fingerprint density at radius 3 is 3.00 bits per heavy atom. The molecular formula is C8H7ClN2. The molecule has 0 amide bonds. The number of hydrogen-bond donors (Lipinski definition) is 1. The number of fused-ring (bicyclic) bond motifs is 1. The standard InChI is InChI=1S/C8H7ClN2/c1-5-3-2-4-6-7(5)8(9)11-10-6/h2-4H,1H3,(H,10,11). The minimum absolute atomic E-state index is 0.554. The Balaban J connectivity index is 2.96. The van der Waals surface area contributed by atoms with Gasteiger partial charge in [-0.2, -0.15) is 5.10 Å². The number of nitrogens with zero attached hydrogens (tertiary/aromatic N) is 1. The van der Waals surface area contributed by atoms with Gasteiger partial charge in [0.2, 0.25) is 0 Å². The highest BCUT2D eigenvalue weighted by molar-refractivity contribution is 6.34. The first-order valence-corrected chi connectivity index (χ1v) is 3.76. The summed E-state index contributed by atoms with van der Waals surface area (Å²) in [4.78, 5) is 0. The largest absolute Gasteiger partial charge is 0.276 e. The van der Waals surface area contributed by atoms with Crippen LogP contribution in [0.1, 0.15) is 5.56 Å². The Morgan fingerprint density at radius 2 is 2.27 bits per heavy atom. The molecule has 2 nitrogen and oxygen atoms in total. The molecule has 1 aromatic heterocycles. The lowest BCUT2D eigenvalue weighted by molar-refractivity contribution is 1.12. The van der Waals surface area contributed by atoms with E-state index in [1.165, 1.54) is 0 Å². The lowest BCUT2D eigenvalue weighted by Gasteiger charge is -1.92. The zero-order chi connectivity index (χ0) is 7.84. The summed E-state index contributed by atoms with van der Waals surface area (Å²) < 4.78 is 0. The van der Waals surface area contributed by atoms with Gasteiger partial charge < -0.3 is 0 Å². The molecule has 0 aliphatic heterocycles. The van der Waals surface area contributed by atoms with Gasteiger partial charge in [-0.3, -0.25) is 5.10 Å². The quantitative estimate of drug-likeness (QED) is 0.640. The molecule has 0 aliphatic carbocycles. The van der Waals surface area contributed by atoms with Crippen molar-refractivity contribution in [1.29, 1.82) is 0 Å². The molecule has 2 aromatic rings. The monoisotopic (exact) mass is 166 g/mol. The molecule has 0 unspecified atom stereocenters. The second-order valence-corrected chi connectivity index (χ2v) is 2.87. The number of benzene rings is 1. The third-order valence-corrected chi connectivity index (χ3v) is 2.03. The second-order valence-electron chi connectivity index (χ2n) is 2.51. The van der Waals surface area contributed by atoms with Gasteiger partial charge in [-0.15, -0.1) is 0 Å². The molecule has 3 heteroatoms. The van der Waals surface area contributed by atoms with Crippen molar-refractivity contribution in [3.05, 3.63) is 28.9 Å². The number of H-pyrrole nitrogens is 1. The van der Waals surface area contributed by atoms with E-state index in [0.29, 0.717) is 5.15 Å². The van der Waals surface area contributed by atoms with E-state index < -0.39 is 0 Å². The Bertz CT molecular complexity index is 392. The summed E-state index contributed by atoms with van der Waals surface area (Å²) in [6.45, 7) is 2.02. The summed E-state index contributed by atoms with van der Waals surface area (Å²) in [7, 11) is 0. The number of aryl methyl sites for hydroxylation is 1. The fourth-order valence-corrected chi connectivity index (χ4v) is 1.49. The van der Waals surface area contributed by atoms with E-state index in [-0.39, 0.29) is 0 Å². The van der Waals surface area contributed by atoms with Crippen molar-refractivity contribution >= 4 is 22.5 Å². The van der Waals surface area contributed by atoms with E-state index in [1.54, 1.807) is 0 Å². The number of aromatic amines is 1. The zero-order valence-electron chi connectivity index (χ0n) is 6.06. The number of aromatic nitrogens is 2. The van der Waals surface area contributed by atoms with Gasteiger partial charge in [-0.25, -0.2) is 0 Å². The molecule has 0 saturated heterocycles. The fraction of sp³-hybridized carbons (Fsp3) is 0.125. The first-order valence-electron chi connectivity index (χ1n) is 3.38. The summed E-state index contributed by atoms with van der Waals surface area (Å²) >= 11 is 5.84. The van der Waals surface area contributed by atoms with Crippen molar-refractivity contribution in [3.8, 4) is 0 Å². The van der Waals surface area contributed by atoms with Gasteiger partial charge in [0.15, 0.2) is 5.15 Å². The van der Waals surface area contributed by atoms with Crippen LogP contribution >= 0.6 is 11.6 Å². The van der Waals surface area contributed by atoms with Gasteiger partial charge in [0, 0.05) is 5.39 Å². The molecule has 0 saturated carbocycles. The Kier molecular flexibility index (Phi) is 1.36. The van der Waals surface area contributed by atoms with E-state index in [4.69, 9.17) is 11.6 Å². The van der Waals surface area contributed by atoms with E-state index in [0.717, 1.165) is 16.5 Å². The summed E-state index contributed by atoms with van der Waals surface area (Å²) in [5.74, 6) is 0. The number of hydrogen-bond acceptors (Lipinski definition) is 1. The van der Waals surface area contributed by atoms with Crippen LogP contribution in [-0.4, -0.2) is 10.2 Å². The van der Waals surface area contributed by atoms with Crippen LogP contribution in [0.5, 0.6) is 0 Å².